The number of hydrazone groups is 1. The highest BCUT2D eigenvalue weighted by Gasteiger charge is 2.43. The molecule has 180 valence electrons. The van der Waals surface area contributed by atoms with E-state index in [4.69, 9.17) is 9.84 Å². The molecular weight excluding hydrogens is 452 g/mol. The van der Waals surface area contributed by atoms with E-state index in [-0.39, 0.29) is 23.4 Å². The maximum Gasteiger partial charge on any atom is 0.338 e. The molecule has 0 spiro atoms. The Labute approximate surface area is 209 Å². The molecule has 3 aromatic carbocycles. The molecule has 1 fully saturated rings. The Morgan fingerprint density at radius 2 is 1.61 bits per heavy atom. The molecule has 1 heterocycles. The molecule has 3 aromatic rings. The van der Waals surface area contributed by atoms with Crippen LogP contribution in [0.3, 0.4) is 0 Å². The highest BCUT2D eigenvalue weighted by Crippen LogP contribution is 2.44. The fourth-order valence-electron chi connectivity index (χ4n) is 4.92. The Bertz CT molecular complexity index is 1310. The van der Waals surface area contributed by atoms with Gasteiger partial charge in [0.1, 0.15) is 6.29 Å². The van der Waals surface area contributed by atoms with Crippen LogP contribution < -0.4 is 0 Å². The maximum atomic E-state index is 13.3. The fraction of sp³-hybridized carbons (Fsp3) is 0.200. The molecule has 1 saturated carbocycles. The summed E-state index contributed by atoms with van der Waals surface area (Å²) < 4.78 is 5.33. The smallest absolute Gasteiger partial charge is 0.338 e. The van der Waals surface area contributed by atoms with Gasteiger partial charge in [-0.25, -0.2) is 9.80 Å². The monoisotopic (exact) mass is 478 g/mol. The summed E-state index contributed by atoms with van der Waals surface area (Å²) in [6.45, 7) is -0.418. The van der Waals surface area contributed by atoms with E-state index in [0.717, 1.165) is 41.7 Å². The van der Waals surface area contributed by atoms with Gasteiger partial charge in [0.05, 0.1) is 17.3 Å². The van der Waals surface area contributed by atoms with Gasteiger partial charge in [-0.3, -0.25) is 9.59 Å². The number of hydrogen-bond acceptors (Lipinski definition) is 5. The molecule has 1 aliphatic heterocycles. The van der Waals surface area contributed by atoms with Crippen molar-refractivity contribution < 1.29 is 19.1 Å². The van der Waals surface area contributed by atoms with Crippen LogP contribution in [0.5, 0.6) is 0 Å². The zero-order valence-electron chi connectivity index (χ0n) is 19.7. The van der Waals surface area contributed by atoms with E-state index >= 15 is 0 Å². The van der Waals surface area contributed by atoms with Crippen LogP contribution in [0, 0.1) is 5.92 Å². The van der Waals surface area contributed by atoms with E-state index in [0.29, 0.717) is 11.8 Å². The Morgan fingerprint density at radius 3 is 2.31 bits per heavy atom. The van der Waals surface area contributed by atoms with Crippen LogP contribution in [0.1, 0.15) is 57.1 Å². The van der Waals surface area contributed by atoms with Gasteiger partial charge in [0.2, 0.25) is 0 Å². The summed E-state index contributed by atoms with van der Waals surface area (Å²) in [5.74, 6) is -0.916. The van der Waals surface area contributed by atoms with Crippen molar-refractivity contribution in [3.63, 3.8) is 0 Å². The second-order valence-electron chi connectivity index (χ2n) is 8.97. The summed E-state index contributed by atoms with van der Waals surface area (Å²) >= 11 is 0. The number of amides is 1. The topological polar surface area (TPSA) is 76.0 Å². The SMILES string of the molecule is O=Cc1ccc(C(=O)OCC(=O)N2N=C3C(=Cc4ccccc4)CCCC3C2c2ccccc2)cc1. The first-order valence-electron chi connectivity index (χ1n) is 12.1. The van der Waals surface area contributed by atoms with Crippen molar-refractivity contribution in [3.05, 3.63) is 113 Å². The van der Waals surface area contributed by atoms with Crippen molar-refractivity contribution in [2.45, 2.75) is 25.3 Å². The Hall–Kier alpha value is -4.32. The summed E-state index contributed by atoms with van der Waals surface area (Å²) in [7, 11) is 0. The second kappa shape index (κ2) is 10.5. The normalized spacial score (nSPS) is 19.9. The lowest BCUT2D eigenvalue weighted by Gasteiger charge is -2.29. The fourth-order valence-corrected chi connectivity index (χ4v) is 4.92. The Morgan fingerprint density at radius 1 is 0.917 bits per heavy atom. The van der Waals surface area contributed by atoms with Gasteiger partial charge in [0.15, 0.2) is 6.61 Å². The summed E-state index contributed by atoms with van der Waals surface area (Å²) in [5.41, 5.74) is 4.92. The summed E-state index contributed by atoms with van der Waals surface area (Å²) in [5, 5.41) is 6.32. The number of esters is 1. The largest absolute Gasteiger partial charge is 0.452 e. The Balaban J connectivity index is 1.40. The molecule has 0 saturated heterocycles. The van der Waals surface area contributed by atoms with Gasteiger partial charge in [-0.1, -0.05) is 72.8 Å². The van der Waals surface area contributed by atoms with Gasteiger partial charge in [0, 0.05) is 11.5 Å². The van der Waals surface area contributed by atoms with Crippen molar-refractivity contribution in [2.24, 2.45) is 11.0 Å². The number of ether oxygens (including phenoxy) is 1. The predicted molar refractivity (Wildman–Crippen MR) is 137 cm³/mol. The zero-order valence-corrected chi connectivity index (χ0v) is 19.7. The molecule has 0 aromatic heterocycles. The number of allylic oxidation sites excluding steroid dienone is 1. The summed E-state index contributed by atoms with van der Waals surface area (Å²) in [6, 6.07) is 25.9. The third kappa shape index (κ3) is 4.89. The first-order valence-corrected chi connectivity index (χ1v) is 12.1. The van der Waals surface area contributed by atoms with Crippen molar-refractivity contribution in [2.75, 3.05) is 6.61 Å². The standard InChI is InChI=1S/C30H26N2O4/c33-19-22-14-16-24(17-15-22)30(35)36-20-27(34)32-29(23-10-5-2-6-11-23)26-13-7-12-25(28(26)31-32)18-21-8-3-1-4-9-21/h1-6,8-11,14-19,26,29H,7,12-13,20H2. The van der Waals surface area contributed by atoms with E-state index in [2.05, 4.69) is 18.2 Å². The van der Waals surface area contributed by atoms with Gasteiger partial charge >= 0.3 is 5.97 Å². The van der Waals surface area contributed by atoms with Crippen molar-refractivity contribution >= 4 is 30.0 Å². The zero-order chi connectivity index (χ0) is 24.9. The minimum atomic E-state index is -0.619. The van der Waals surface area contributed by atoms with Crippen LogP contribution in [0.25, 0.3) is 6.08 Å². The van der Waals surface area contributed by atoms with E-state index in [1.807, 2.05) is 48.5 Å². The van der Waals surface area contributed by atoms with E-state index < -0.39 is 12.6 Å². The highest BCUT2D eigenvalue weighted by molar-refractivity contribution is 6.08. The van der Waals surface area contributed by atoms with Crippen LogP contribution in [-0.2, 0) is 9.53 Å². The minimum Gasteiger partial charge on any atom is -0.452 e. The van der Waals surface area contributed by atoms with Crippen LogP contribution in [0.2, 0.25) is 0 Å². The van der Waals surface area contributed by atoms with Gasteiger partial charge in [-0.2, -0.15) is 5.10 Å². The van der Waals surface area contributed by atoms with Gasteiger partial charge in [0.25, 0.3) is 5.91 Å². The highest BCUT2D eigenvalue weighted by atomic mass is 16.5. The third-order valence-electron chi connectivity index (χ3n) is 6.65. The van der Waals surface area contributed by atoms with E-state index in [9.17, 15) is 14.4 Å². The number of fused-ring (bicyclic) bond motifs is 1. The molecule has 0 bridgehead atoms. The minimum absolute atomic E-state index is 0.0756. The van der Waals surface area contributed by atoms with Crippen LogP contribution in [0.4, 0.5) is 0 Å². The van der Waals surface area contributed by atoms with E-state index in [1.165, 1.54) is 29.3 Å². The molecule has 0 radical (unpaired) electrons. The Kier molecular flexibility index (Phi) is 6.85. The van der Waals surface area contributed by atoms with Crippen molar-refractivity contribution in [3.8, 4) is 0 Å². The lowest BCUT2D eigenvalue weighted by Crippen LogP contribution is -2.34. The first-order chi connectivity index (χ1) is 17.6. The summed E-state index contributed by atoms with van der Waals surface area (Å²) in [4.78, 5) is 36.7. The molecule has 2 atom stereocenters. The number of aldehydes is 1. The van der Waals surface area contributed by atoms with Crippen molar-refractivity contribution in [1.29, 1.82) is 0 Å². The molecule has 36 heavy (non-hydrogen) atoms. The lowest BCUT2D eigenvalue weighted by molar-refractivity contribution is -0.137. The van der Waals surface area contributed by atoms with Crippen LogP contribution >= 0.6 is 0 Å². The molecule has 5 rings (SSSR count). The molecular formula is C30H26N2O4. The number of carbonyl (C=O) groups is 3. The van der Waals surface area contributed by atoms with Gasteiger partial charge < -0.3 is 4.74 Å². The summed E-state index contributed by atoms with van der Waals surface area (Å²) in [6.07, 6.45) is 5.70. The maximum absolute atomic E-state index is 13.3. The average molecular weight is 479 g/mol. The molecule has 0 N–H and O–H groups in total. The van der Waals surface area contributed by atoms with Crippen LogP contribution in [-0.4, -0.2) is 35.5 Å². The number of carbonyl (C=O) groups excluding carboxylic acids is 3. The lowest BCUT2D eigenvalue weighted by atomic mass is 9.77. The molecule has 6 heteroatoms. The number of benzene rings is 3. The van der Waals surface area contributed by atoms with E-state index in [1.54, 1.807) is 0 Å². The number of rotatable bonds is 6. The molecule has 2 aliphatic rings. The van der Waals surface area contributed by atoms with Gasteiger partial charge in [-0.05, 0) is 54.2 Å². The molecule has 2 unspecified atom stereocenters. The molecule has 1 amide bonds. The van der Waals surface area contributed by atoms with Crippen molar-refractivity contribution in [1.82, 2.24) is 5.01 Å². The average Bonchev–Trinajstić information content (AvgIpc) is 3.33. The first kappa shape index (κ1) is 23.4. The second-order valence-corrected chi connectivity index (χ2v) is 8.97. The third-order valence-corrected chi connectivity index (χ3v) is 6.65. The quantitative estimate of drug-likeness (QED) is 0.347. The predicted octanol–water partition coefficient (Wildman–Crippen LogP) is 5.48. The van der Waals surface area contributed by atoms with Gasteiger partial charge in [-0.15, -0.1) is 0 Å². The number of hydrogen-bond donors (Lipinski definition) is 0. The number of nitrogens with zero attached hydrogens (tertiary/aromatic N) is 2. The van der Waals surface area contributed by atoms with Crippen LogP contribution in [0.15, 0.2) is 95.6 Å². The molecule has 1 aliphatic carbocycles. The molecule has 6 nitrogen and oxygen atoms in total.